The van der Waals surface area contributed by atoms with Gasteiger partial charge in [-0.3, -0.25) is 4.55 Å². The average molecular weight is 422 g/mol. The van der Waals surface area contributed by atoms with Gasteiger partial charge in [0.05, 0.1) is 7.92 Å². The maximum Gasteiger partial charge on any atom is 0.295 e. The summed E-state index contributed by atoms with van der Waals surface area (Å²) >= 11 is 0. The van der Waals surface area contributed by atoms with E-state index in [4.69, 9.17) is 8.83 Å². The second-order valence-electron chi connectivity index (χ2n) is 6.52. The molecule has 0 radical (unpaired) electrons. The van der Waals surface area contributed by atoms with Crippen molar-refractivity contribution in [1.82, 2.24) is 0 Å². The first-order valence-corrected chi connectivity index (χ1v) is 11.6. The summed E-state index contributed by atoms with van der Waals surface area (Å²) < 4.78 is 46.1. The van der Waals surface area contributed by atoms with Crippen LogP contribution in [-0.2, 0) is 10.1 Å². The Morgan fingerprint density at radius 3 is 1.69 bits per heavy atom. The number of benzene rings is 3. The van der Waals surface area contributed by atoms with E-state index in [0.29, 0.717) is 27.5 Å². The number of rotatable bonds is 4. The zero-order valence-corrected chi connectivity index (χ0v) is 16.7. The quantitative estimate of drug-likeness (QED) is 0.347. The van der Waals surface area contributed by atoms with Gasteiger partial charge in [0.1, 0.15) is 27.1 Å². The lowest BCUT2D eigenvalue weighted by atomic mass is 10.3. The number of hydrogen-bond donors (Lipinski definition) is 1. The first kappa shape index (κ1) is 18.1. The Labute approximate surface area is 168 Å². The zero-order chi connectivity index (χ0) is 20.0. The van der Waals surface area contributed by atoms with Crippen molar-refractivity contribution in [3.05, 3.63) is 84.9 Å². The monoisotopic (exact) mass is 422 g/mol. The van der Waals surface area contributed by atoms with Crippen LogP contribution in [0.4, 0.5) is 0 Å². The van der Waals surface area contributed by atoms with Crippen LogP contribution in [0.5, 0.6) is 0 Å². The van der Waals surface area contributed by atoms with Gasteiger partial charge in [0.25, 0.3) is 10.1 Å². The number of para-hydroxylation sites is 2. The summed E-state index contributed by atoms with van der Waals surface area (Å²) in [7, 11) is -5.92. The highest BCUT2D eigenvalue weighted by molar-refractivity contribution is 7.88. The molecule has 5 nitrogen and oxygen atoms in total. The van der Waals surface area contributed by atoms with Crippen LogP contribution < -0.4 is 16.3 Å². The minimum Gasteiger partial charge on any atom is -0.456 e. The van der Waals surface area contributed by atoms with Crippen LogP contribution >= 0.6 is 7.92 Å². The highest BCUT2D eigenvalue weighted by Gasteiger charge is 2.30. The molecular weight excluding hydrogens is 407 g/mol. The maximum atomic E-state index is 12.1. The summed E-state index contributed by atoms with van der Waals surface area (Å²) in [5, 5.41) is 2.27. The Balaban J connectivity index is 1.80. The minimum atomic E-state index is -4.42. The van der Waals surface area contributed by atoms with E-state index < -0.39 is 18.0 Å². The van der Waals surface area contributed by atoms with Crippen LogP contribution in [-0.4, -0.2) is 13.0 Å². The van der Waals surface area contributed by atoms with E-state index in [1.54, 1.807) is 18.2 Å². The van der Waals surface area contributed by atoms with Gasteiger partial charge in [-0.05, 0) is 30.3 Å². The summed E-state index contributed by atoms with van der Waals surface area (Å²) in [6.45, 7) is 0. The first-order valence-electron chi connectivity index (χ1n) is 8.84. The molecule has 0 amide bonds. The SMILES string of the molecule is O=S(=O)(O)c1ccccc1P(c1cc2ccccc2o1)c1cc2ccccc2o1. The molecule has 7 heteroatoms. The summed E-state index contributed by atoms with van der Waals surface area (Å²) in [4.78, 5) is -0.146. The van der Waals surface area contributed by atoms with Gasteiger partial charge in [-0.15, -0.1) is 0 Å². The Hall–Kier alpha value is -2.92. The lowest BCUT2D eigenvalue weighted by Gasteiger charge is -2.15. The van der Waals surface area contributed by atoms with Gasteiger partial charge in [0.15, 0.2) is 0 Å². The predicted molar refractivity (Wildman–Crippen MR) is 115 cm³/mol. The van der Waals surface area contributed by atoms with E-state index in [2.05, 4.69) is 0 Å². The summed E-state index contributed by atoms with van der Waals surface area (Å²) in [6.07, 6.45) is 0. The fourth-order valence-electron chi connectivity index (χ4n) is 3.36. The third-order valence-electron chi connectivity index (χ3n) is 4.65. The predicted octanol–water partition coefficient (Wildman–Crippen LogP) is 4.18. The van der Waals surface area contributed by atoms with Crippen LogP contribution in [0.15, 0.2) is 98.7 Å². The van der Waals surface area contributed by atoms with E-state index in [-0.39, 0.29) is 4.90 Å². The number of hydrogen-bond acceptors (Lipinski definition) is 4. The van der Waals surface area contributed by atoms with Gasteiger partial charge in [0.2, 0.25) is 0 Å². The molecule has 2 heterocycles. The van der Waals surface area contributed by atoms with E-state index in [1.807, 2.05) is 60.7 Å². The lowest BCUT2D eigenvalue weighted by molar-refractivity contribution is 0.484. The Bertz CT molecular complexity index is 1310. The van der Waals surface area contributed by atoms with Gasteiger partial charge in [-0.25, -0.2) is 0 Å². The van der Waals surface area contributed by atoms with Crippen molar-refractivity contribution in [3.63, 3.8) is 0 Å². The topological polar surface area (TPSA) is 80.7 Å². The summed E-state index contributed by atoms with van der Waals surface area (Å²) in [5.41, 5.74) is 2.60. The molecule has 5 aromatic rings. The normalized spacial score (nSPS) is 12.2. The van der Waals surface area contributed by atoms with Crippen molar-refractivity contribution >= 4 is 56.3 Å². The lowest BCUT2D eigenvalue weighted by Crippen LogP contribution is -2.23. The van der Waals surface area contributed by atoms with E-state index in [9.17, 15) is 13.0 Å². The van der Waals surface area contributed by atoms with Crippen LogP contribution in [0.3, 0.4) is 0 Å². The van der Waals surface area contributed by atoms with Crippen LogP contribution in [0.2, 0.25) is 0 Å². The van der Waals surface area contributed by atoms with Crippen LogP contribution in [0, 0.1) is 0 Å². The van der Waals surface area contributed by atoms with Crippen LogP contribution in [0.25, 0.3) is 21.9 Å². The fourth-order valence-corrected chi connectivity index (χ4v) is 6.70. The van der Waals surface area contributed by atoms with E-state index in [0.717, 1.165) is 10.8 Å². The summed E-state index contributed by atoms with van der Waals surface area (Å²) in [5.74, 6) is 0. The van der Waals surface area contributed by atoms with E-state index >= 15 is 0 Å². The van der Waals surface area contributed by atoms with Gasteiger partial charge in [-0.2, -0.15) is 8.42 Å². The fraction of sp³-hybridized carbons (Fsp3) is 0. The second kappa shape index (κ2) is 6.85. The van der Waals surface area contributed by atoms with Crippen molar-refractivity contribution < 1.29 is 21.8 Å². The van der Waals surface area contributed by atoms with E-state index in [1.165, 1.54) is 6.07 Å². The van der Waals surface area contributed by atoms with Crippen molar-refractivity contribution in [2.45, 2.75) is 4.90 Å². The third kappa shape index (κ3) is 3.25. The van der Waals surface area contributed by atoms with Gasteiger partial charge in [-0.1, -0.05) is 54.6 Å². The van der Waals surface area contributed by atoms with Crippen molar-refractivity contribution in [3.8, 4) is 0 Å². The minimum absolute atomic E-state index is 0.146. The molecule has 0 aliphatic heterocycles. The molecule has 0 fully saturated rings. The molecule has 1 N–H and O–H groups in total. The second-order valence-corrected chi connectivity index (χ2v) is 9.95. The molecule has 0 spiro atoms. The first-order chi connectivity index (χ1) is 14.0. The Morgan fingerprint density at radius 1 is 0.690 bits per heavy atom. The largest absolute Gasteiger partial charge is 0.456 e. The molecular formula is C22H15O5PS. The van der Waals surface area contributed by atoms with Gasteiger partial charge >= 0.3 is 0 Å². The van der Waals surface area contributed by atoms with Gasteiger partial charge < -0.3 is 8.83 Å². The zero-order valence-electron chi connectivity index (χ0n) is 15.0. The molecule has 0 saturated heterocycles. The average Bonchev–Trinajstić information content (AvgIpc) is 3.31. The maximum absolute atomic E-state index is 12.1. The number of furan rings is 2. The molecule has 0 bridgehead atoms. The van der Waals surface area contributed by atoms with Crippen molar-refractivity contribution in [1.29, 1.82) is 0 Å². The molecule has 144 valence electrons. The van der Waals surface area contributed by atoms with Gasteiger partial charge in [0, 0.05) is 16.1 Å². The number of fused-ring (bicyclic) bond motifs is 2. The van der Waals surface area contributed by atoms with Crippen molar-refractivity contribution in [2.75, 3.05) is 0 Å². The highest BCUT2D eigenvalue weighted by atomic mass is 32.2. The molecule has 0 atom stereocenters. The Kier molecular flexibility index (Phi) is 4.28. The standard InChI is InChI=1S/C22H15O5PS/c23-29(24,25)20-12-6-5-11-19(20)28(21-13-15-7-1-3-9-17(15)26-21)22-14-16-8-2-4-10-18(16)27-22/h1-14H,(H,23,24,25). The third-order valence-corrected chi connectivity index (χ3v) is 7.91. The van der Waals surface area contributed by atoms with Crippen LogP contribution in [0.1, 0.15) is 0 Å². The molecule has 5 rings (SSSR count). The van der Waals surface area contributed by atoms with Crippen molar-refractivity contribution in [2.24, 2.45) is 0 Å². The molecule has 29 heavy (non-hydrogen) atoms. The highest BCUT2D eigenvalue weighted by Crippen LogP contribution is 2.38. The molecule has 0 aliphatic carbocycles. The molecule has 0 saturated carbocycles. The molecule has 2 aromatic heterocycles. The molecule has 0 aliphatic rings. The molecule has 0 unspecified atom stereocenters. The molecule has 3 aromatic carbocycles. The summed E-state index contributed by atoms with van der Waals surface area (Å²) in [6, 6.07) is 25.4. The smallest absolute Gasteiger partial charge is 0.295 e. The Morgan fingerprint density at radius 2 is 1.17 bits per heavy atom.